The van der Waals surface area contributed by atoms with Crippen LogP contribution in [-0.4, -0.2) is 14.0 Å². The van der Waals surface area contributed by atoms with Crippen molar-refractivity contribution in [3.8, 4) is 16.9 Å². The Labute approximate surface area is 321 Å². The highest BCUT2D eigenvalue weighted by Gasteiger charge is 2.27. The molecule has 0 saturated carbocycles. The third-order valence-electron chi connectivity index (χ3n) is 12.6. The molecule has 13 aromatic rings. The minimum Gasteiger partial charge on any atom is -0.308 e. The average Bonchev–Trinajstić information content (AvgIpc) is 3.90. The summed E-state index contributed by atoms with van der Waals surface area (Å²) in [5.41, 5.74) is 10.9. The van der Waals surface area contributed by atoms with Crippen molar-refractivity contribution in [2.45, 2.75) is 13.3 Å². The van der Waals surface area contributed by atoms with Gasteiger partial charge in [-0.1, -0.05) is 146 Å². The molecule has 0 aliphatic heterocycles. The quantitative estimate of drug-likeness (QED) is 0.167. The van der Waals surface area contributed by atoms with Crippen LogP contribution in [0.25, 0.3) is 120 Å². The molecule has 0 radical (unpaired) electrons. The molecule has 0 amide bonds. The maximum atomic E-state index is 5.82. The van der Waals surface area contributed by atoms with Crippen molar-refractivity contribution in [2.75, 3.05) is 0 Å². The Kier molecular flexibility index (Phi) is 5.88. The van der Waals surface area contributed by atoms with Gasteiger partial charge in [-0.2, -0.15) is 0 Å². The van der Waals surface area contributed by atoms with E-state index in [0.717, 1.165) is 17.8 Å². The second-order valence-corrected chi connectivity index (χ2v) is 15.3. The molecule has 0 saturated heterocycles. The smallest absolute Gasteiger partial charge is 0.142 e. The number of hydrogen-bond acceptors (Lipinski definition) is 1. The van der Waals surface area contributed by atoms with E-state index in [1.165, 1.54) is 114 Å². The molecule has 3 nitrogen and oxygen atoms in total. The van der Waals surface area contributed by atoms with Crippen molar-refractivity contribution in [3.63, 3.8) is 0 Å². The SMILES string of the molecule is CCc1c(-n2c3ccccc3c3c4c5c6ccccc6ccc5n5c6ccccc6c(cc32)c45)nc2c(ccc3ccccc32)c1-c1ccc2ccccc2c1. The Bertz CT molecular complexity index is 3810. The molecule has 3 heteroatoms. The lowest BCUT2D eigenvalue weighted by molar-refractivity contribution is 1.02. The highest BCUT2D eigenvalue weighted by molar-refractivity contribution is 6.39. The van der Waals surface area contributed by atoms with Gasteiger partial charge >= 0.3 is 0 Å². The number of benzene rings is 9. The minimum absolute atomic E-state index is 0.823. The summed E-state index contributed by atoms with van der Waals surface area (Å²) in [6.45, 7) is 2.29. The van der Waals surface area contributed by atoms with E-state index in [1.54, 1.807) is 0 Å². The lowest BCUT2D eigenvalue weighted by Gasteiger charge is -2.20. The fourth-order valence-electron chi connectivity index (χ4n) is 10.2. The van der Waals surface area contributed by atoms with Crippen molar-refractivity contribution in [3.05, 3.63) is 175 Å². The molecule has 13 rings (SSSR count). The highest BCUT2D eigenvalue weighted by Crippen LogP contribution is 2.49. The summed E-state index contributed by atoms with van der Waals surface area (Å²) in [6, 6.07) is 62.7. The Morgan fingerprint density at radius 2 is 1.05 bits per heavy atom. The van der Waals surface area contributed by atoms with Crippen LogP contribution in [0, 0.1) is 0 Å². The summed E-state index contributed by atoms with van der Waals surface area (Å²) in [4.78, 5) is 5.82. The van der Waals surface area contributed by atoms with Crippen LogP contribution in [0.15, 0.2) is 170 Å². The van der Waals surface area contributed by atoms with Gasteiger partial charge in [-0.15, -0.1) is 0 Å². The molecular formula is C53H33N3. The van der Waals surface area contributed by atoms with Crippen LogP contribution in [0.4, 0.5) is 0 Å². The van der Waals surface area contributed by atoms with E-state index in [2.05, 4.69) is 186 Å². The van der Waals surface area contributed by atoms with Crippen LogP contribution in [0.5, 0.6) is 0 Å². The monoisotopic (exact) mass is 711 g/mol. The van der Waals surface area contributed by atoms with Gasteiger partial charge in [0.25, 0.3) is 0 Å². The van der Waals surface area contributed by atoms with Gasteiger partial charge in [-0.3, -0.25) is 4.57 Å². The highest BCUT2D eigenvalue weighted by atomic mass is 15.1. The van der Waals surface area contributed by atoms with Crippen LogP contribution in [0.3, 0.4) is 0 Å². The molecule has 0 unspecified atom stereocenters. The topological polar surface area (TPSA) is 22.2 Å². The van der Waals surface area contributed by atoms with E-state index < -0.39 is 0 Å². The summed E-state index contributed by atoms with van der Waals surface area (Å²) in [5.74, 6) is 0.997. The first-order valence-electron chi connectivity index (χ1n) is 19.6. The number of rotatable bonds is 3. The van der Waals surface area contributed by atoms with E-state index in [9.17, 15) is 0 Å². The molecule has 4 aromatic heterocycles. The fourth-order valence-corrected chi connectivity index (χ4v) is 10.2. The predicted octanol–water partition coefficient (Wildman–Crippen LogP) is 14.2. The number of fused-ring (bicyclic) bond motifs is 16. The first-order chi connectivity index (χ1) is 27.8. The molecule has 0 bridgehead atoms. The van der Waals surface area contributed by atoms with Crippen molar-refractivity contribution in [2.24, 2.45) is 0 Å². The van der Waals surface area contributed by atoms with Crippen molar-refractivity contribution in [1.29, 1.82) is 0 Å². The summed E-state index contributed by atoms with van der Waals surface area (Å²) in [5, 5.41) is 16.3. The van der Waals surface area contributed by atoms with Gasteiger partial charge in [-0.05, 0) is 74.8 Å². The normalized spacial score (nSPS) is 12.4. The first kappa shape index (κ1) is 30.1. The molecule has 0 fully saturated rings. The maximum absolute atomic E-state index is 5.82. The number of hydrogen-bond donors (Lipinski definition) is 0. The molecule has 0 atom stereocenters. The van der Waals surface area contributed by atoms with Gasteiger partial charge in [0.2, 0.25) is 0 Å². The Balaban J connectivity index is 1.28. The van der Waals surface area contributed by atoms with Gasteiger partial charge in [0, 0.05) is 48.7 Å². The second kappa shape index (κ2) is 10.9. The predicted molar refractivity (Wildman–Crippen MR) is 238 cm³/mol. The minimum atomic E-state index is 0.823. The average molecular weight is 712 g/mol. The van der Waals surface area contributed by atoms with E-state index in [4.69, 9.17) is 4.98 Å². The molecular weight excluding hydrogens is 679 g/mol. The Morgan fingerprint density at radius 1 is 0.429 bits per heavy atom. The second-order valence-electron chi connectivity index (χ2n) is 15.3. The fraction of sp³-hybridized carbons (Fsp3) is 0.0377. The van der Waals surface area contributed by atoms with E-state index in [1.807, 2.05) is 0 Å². The van der Waals surface area contributed by atoms with Crippen LogP contribution in [-0.2, 0) is 6.42 Å². The van der Waals surface area contributed by atoms with E-state index >= 15 is 0 Å². The number of nitrogens with zero attached hydrogens (tertiary/aromatic N) is 3. The standard InChI is InChI=1S/C53H33N3/c1-2-36-47(35-24-23-31-13-3-4-16-34(31)29-35)41-27-25-33-15-6-8-18-38(33)51(41)54-53(36)56-44-22-12-10-20-40(44)49-46(56)30-42-39-19-9-11-21-43(39)55-45-28-26-32-14-5-7-17-37(32)48(45)50(49)52(42)55/h3-30H,2H2,1H3. The van der Waals surface area contributed by atoms with E-state index in [-0.39, 0.29) is 0 Å². The first-order valence-corrected chi connectivity index (χ1v) is 19.6. The Hall–Kier alpha value is -7.23. The summed E-state index contributed by atoms with van der Waals surface area (Å²) in [6.07, 6.45) is 0.823. The van der Waals surface area contributed by atoms with Gasteiger partial charge in [0.1, 0.15) is 5.82 Å². The Morgan fingerprint density at radius 3 is 1.88 bits per heavy atom. The lowest BCUT2D eigenvalue weighted by Crippen LogP contribution is -2.06. The molecule has 260 valence electrons. The molecule has 0 aliphatic carbocycles. The van der Waals surface area contributed by atoms with Crippen LogP contribution < -0.4 is 0 Å². The lowest BCUT2D eigenvalue weighted by atomic mass is 9.91. The van der Waals surface area contributed by atoms with Crippen molar-refractivity contribution in [1.82, 2.24) is 14.0 Å². The summed E-state index contributed by atoms with van der Waals surface area (Å²) >= 11 is 0. The molecule has 9 aromatic carbocycles. The zero-order chi connectivity index (χ0) is 36.6. The van der Waals surface area contributed by atoms with Gasteiger partial charge in [0.15, 0.2) is 0 Å². The maximum Gasteiger partial charge on any atom is 0.142 e. The third kappa shape index (κ3) is 3.79. The molecule has 0 spiro atoms. The van der Waals surface area contributed by atoms with E-state index in [0.29, 0.717) is 0 Å². The van der Waals surface area contributed by atoms with Gasteiger partial charge in [-0.25, -0.2) is 4.98 Å². The van der Waals surface area contributed by atoms with Gasteiger partial charge < -0.3 is 4.40 Å². The number of pyridine rings is 1. The number of para-hydroxylation sites is 2. The van der Waals surface area contributed by atoms with Crippen LogP contribution in [0.1, 0.15) is 12.5 Å². The molecule has 0 aliphatic rings. The molecule has 0 N–H and O–H groups in total. The van der Waals surface area contributed by atoms with Gasteiger partial charge in [0.05, 0.1) is 33.1 Å². The van der Waals surface area contributed by atoms with Crippen LogP contribution in [0.2, 0.25) is 0 Å². The summed E-state index contributed by atoms with van der Waals surface area (Å²) in [7, 11) is 0. The summed E-state index contributed by atoms with van der Waals surface area (Å²) < 4.78 is 5.02. The number of aromatic nitrogens is 3. The van der Waals surface area contributed by atoms with Crippen molar-refractivity contribution < 1.29 is 0 Å². The third-order valence-corrected chi connectivity index (χ3v) is 12.6. The largest absolute Gasteiger partial charge is 0.308 e. The molecule has 56 heavy (non-hydrogen) atoms. The zero-order valence-electron chi connectivity index (χ0n) is 30.7. The van der Waals surface area contributed by atoms with Crippen molar-refractivity contribution >= 4 is 103 Å². The molecule has 4 heterocycles. The zero-order valence-corrected chi connectivity index (χ0v) is 30.7. The van der Waals surface area contributed by atoms with Crippen LogP contribution >= 0.6 is 0 Å².